The van der Waals surface area contributed by atoms with Crippen molar-refractivity contribution in [3.63, 3.8) is 0 Å². The molecule has 7 nitrogen and oxygen atoms in total. The fraction of sp³-hybridized carbons (Fsp3) is 0.571. The van der Waals surface area contributed by atoms with Gasteiger partial charge in [-0.2, -0.15) is 5.10 Å². The molecule has 0 saturated carbocycles. The van der Waals surface area contributed by atoms with Crippen LogP contribution in [0.3, 0.4) is 0 Å². The molecule has 2 aliphatic heterocycles. The van der Waals surface area contributed by atoms with Gasteiger partial charge in [-0.15, -0.1) is 0 Å². The lowest BCUT2D eigenvalue weighted by molar-refractivity contribution is 0.0684. The van der Waals surface area contributed by atoms with Crippen molar-refractivity contribution in [2.75, 3.05) is 38.3 Å². The van der Waals surface area contributed by atoms with Gasteiger partial charge in [0, 0.05) is 51.9 Å². The molecule has 1 amide bonds. The number of aryl methyl sites for hydroxylation is 1. The van der Waals surface area contributed by atoms with Crippen molar-refractivity contribution in [2.24, 2.45) is 5.92 Å². The summed E-state index contributed by atoms with van der Waals surface area (Å²) in [6, 6.07) is 6.18. The molecule has 0 N–H and O–H groups in total. The Balaban J connectivity index is 1.27. The van der Waals surface area contributed by atoms with Crippen LogP contribution in [0.25, 0.3) is 0 Å². The van der Waals surface area contributed by atoms with Gasteiger partial charge in [0.15, 0.2) is 0 Å². The molecule has 2 saturated heterocycles. The van der Waals surface area contributed by atoms with Crippen LogP contribution in [0, 0.1) is 5.92 Å². The number of carbonyl (C=O) groups excluding carboxylic acids is 1. The van der Waals surface area contributed by atoms with Gasteiger partial charge in [-0.05, 0) is 49.8 Å². The van der Waals surface area contributed by atoms with E-state index in [1.807, 2.05) is 47.2 Å². The molecule has 7 heteroatoms. The minimum atomic E-state index is 0.0939. The van der Waals surface area contributed by atoms with Crippen LogP contribution in [-0.4, -0.2) is 65.0 Å². The number of hydrogen-bond donors (Lipinski definition) is 0. The number of pyridine rings is 1. The quantitative estimate of drug-likeness (QED) is 0.767. The first kappa shape index (κ1) is 18.9. The molecule has 2 aliphatic rings. The normalized spacial score (nSPS) is 20.5. The molecule has 1 atom stereocenters. The van der Waals surface area contributed by atoms with Gasteiger partial charge in [0.05, 0.1) is 18.2 Å². The van der Waals surface area contributed by atoms with Gasteiger partial charge < -0.3 is 14.5 Å². The second-order valence-corrected chi connectivity index (χ2v) is 7.83. The Morgan fingerprint density at radius 1 is 1.29 bits per heavy atom. The Bertz CT molecular complexity index is 748. The van der Waals surface area contributed by atoms with Crippen molar-refractivity contribution >= 4 is 11.7 Å². The molecule has 28 heavy (non-hydrogen) atoms. The molecule has 0 bridgehead atoms. The van der Waals surface area contributed by atoms with E-state index < -0.39 is 0 Å². The molecule has 2 aromatic rings. The van der Waals surface area contributed by atoms with Crippen LogP contribution in [0.1, 0.15) is 36.0 Å². The number of piperidine rings is 1. The number of carbonyl (C=O) groups is 1. The molecule has 0 aromatic carbocycles. The number of likely N-dealkylation sites (tertiary alicyclic amines) is 1. The SMILES string of the molecule is CN(c1ccc(C(=O)N2CCC(CCn3cccn3)CC2)cn1)[C@@H]1CCOC1. The second-order valence-electron chi connectivity index (χ2n) is 7.83. The number of likely N-dealkylation sites (N-methyl/N-ethyl adjacent to an activating group) is 1. The zero-order valence-electron chi connectivity index (χ0n) is 16.5. The first-order chi connectivity index (χ1) is 13.7. The van der Waals surface area contributed by atoms with Crippen molar-refractivity contribution in [3.8, 4) is 0 Å². The molecule has 4 heterocycles. The van der Waals surface area contributed by atoms with E-state index in [1.54, 1.807) is 6.20 Å². The summed E-state index contributed by atoms with van der Waals surface area (Å²) in [4.78, 5) is 21.5. The summed E-state index contributed by atoms with van der Waals surface area (Å²) in [5.74, 6) is 1.65. The number of aromatic nitrogens is 3. The average Bonchev–Trinajstić information content (AvgIpc) is 3.46. The molecule has 2 fully saturated rings. The van der Waals surface area contributed by atoms with Gasteiger partial charge in [-0.25, -0.2) is 4.98 Å². The maximum absolute atomic E-state index is 12.8. The standard InChI is InChI=1S/C21H29N5O2/c1-24(19-8-14-28-16-19)20-4-3-18(15-22-20)21(27)25-11-5-17(6-12-25)7-13-26-10-2-9-23-26/h2-4,9-10,15,17,19H,5-8,11-14,16H2,1H3/t19-/m1/s1. The van der Waals surface area contributed by atoms with E-state index in [0.717, 1.165) is 64.3 Å². The van der Waals surface area contributed by atoms with E-state index in [-0.39, 0.29) is 5.91 Å². The third-order valence-electron chi connectivity index (χ3n) is 6.04. The highest BCUT2D eigenvalue weighted by Crippen LogP contribution is 2.23. The van der Waals surface area contributed by atoms with Crippen LogP contribution >= 0.6 is 0 Å². The van der Waals surface area contributed by atoms with Crippen LogP contribution in [0.5, 0.6) is 0 Å². The van der Waals surface area contributed by atoms with E-state index >= 15 is 0 Å². The third kappa shape index (κ3) is 4.35. The summed E-state index contributed by atoms with van der Waals surface area (Å²) in [6.07, 6.45) is 9.80. The predicted molar refractivity (Wildman–Crippen MR) is 107 cm³/mol. The molecule has 0 spiro atoms. The van der Waals surface area contributed by atoms with E-state index in [0.29, 0.717) is 17.5 Å². The fourth-order valence-corrected chi connectivity index (χ4v) is 4.09. The Morgan fingerprint density at radius 2 is 2.14 bits per heavy atom. The van der Waals surface area contributed by atoms with Crippen molar-refractivity contribution in [1.29, 1.82) is 0 Å². The van der Waals surface area contributed by atoms with Gasteiger partial charge in [-0.3, -0.25) is 9.48 Å². The largest absolute Gasteiger partial charge is 0.379 e. The van der Waals surface area contributed by atoms with Gasteiger partial charge >= 0.3 is 0 Å². The van der Waals surface area contributed by atoms with Crippen LogP contribution < -0.4 is 4.90 Å². The molecule has 0 aliphatic carbocycles. The lowest BCUT2D eigenvalue weighted by Gasteiger charge is -2.32. The highest BCUT2D eigenvalue weighted by atomic mass is 16.5. The third-order valence-corrected chi connectivity index (χ3v) is 6.04. The first-order valence-electron chi connectivity index (χ1n) is 10.2. The monoisotopic (exact) mass is 383 g/mol. The van der Waals surface area contributed by atoms with E-state index in [1.165, 1.54) is 0 Å². The summed E-state index contributed by atoms with van der Waals surface area (Å²) in [7, 11) is 2.04. The molecule has 150 valence electrons. The number of rotatable bonds is 6. The number of nitrogens with zero attached hydrogens (tertiary/aromatic N) is 5. The summed E-state index contributed by atoms with van der Waals surface area (Å²) < 4.78 is 7.44. The summed E-state index contributed by atoms with van der Waals surface area (Å²) in [5, 5.41) is 4.26. The molecule has 2 aromatic heterocycles. The Hall–Kier alpha value is -2.41. The number of ether oxygens (including phenoxy) is 1. The molecule has 4 rings (SSSR count). The van der Waals surface area contributed by atoms with E-state index in [2.05, 4.69) is 15.0 Å². The highest BCUT2D eigenvalue weighted by molar-refractivity contribution is 5.94. The Kier molecular flexibility index (Phi) is 5.90. The van der Waals surface area contributed by atoms with Crippen LogP contribution in [-0.2, 0) is 11.3 Å². The van der Waals surface area contributed by atoms with Gasteiger partial charge in [0.1, 0.15) is 5.82 Å². The minimum absolute atomic E-state index is 0.0939. The average molecular weight is 383 g/mol. The van der Waals surface area contributed by atoms with Crippen LogP contribution in [0.2, 0.25) is 0 Å². The molecular formula is C21H29N5O2. The zero-order chi connectivity index (χ0) is 19.3. The topological polar surface area (TPSA) is 63.5 Å². The van der Waals surface area contributed by atoms with E-state index in [9.17, 15) is 4.79 Å². The summed E-state index contributed by atoms with van der Waals surface area (Å²) >= 11 is 0. The number of amides is 1. The molecular weight excluding hydrogens is 354 g/mol. The fourth-order valence-electron chi connectivity index (χ4n) is 4.09. The highest BCUT2D eigenvalue weighted by Gasteiger charge is 2.25. The zero-order valence-corrected chi connectivity index (χ0v) is 16.5. The molecule has 0 unspecified atom stereocenters. The molecule has 0 radical (unpaired) electrons. The van der Waals surface area contributed by atoms with Gasteiger partial charge in [0.2, 0.25) is 0 Å². The van der Waals surface area contributed by atoms with Crippen LogP contribution in [0.15, 0.2) is 36.8 Å². The summed E-state index contributed by atoms with van der Waals surface area (Å²) in [6.45, 7) is 4.15. The summed E-state index contributed by atoms with van der Waals surface area (Å²) in [5.41, 5.74) is 0.676. The van der Waals surface area contributed by atoms with Crippen molar-refractivity contribution in [2.45, 2.75) is 38.3 Å². The maximum atomic E-state index is 12.8. The smallest absolute Gasteiger partial charge is 0.255 e. The maximum Gasteiger partial charge on any atom is 0.255 e. The van der Waals surface area contributed by atoms with Gasteiger partial charge in [0.25, 0.3) is 5.91 Å². The first-order valence-corrected chi connectivity index (χ1v) is 10.2. The predicted octanol–water partition coefficient (Wildman–Crippen LogP) is 2.45. The Labute approximate surface area is 166 Å². The lowest BCUT2D eigenvalue weighted by atomic mass is 9.93. The van der Waals surface area contributed by atoms with Crippen molar-refractivity contribution in [3.05, 3.63) is 42.4 Å². The second kappa shape index (κ2) is 8.73. The van der Waals surface area contributed by atoms with E-state index in [4.69, 9.17) is 4.74 Å². The number of anilines is 1. The van der Waals surface area contributed by atoms with Crippen molar-refractivity contribution < 1.29 is 9.53 Å². The number of hydrogen-bond acceptors (Lipinski definition) is 5. The Morgan fingerprint density at radius 3 is 2.79 bits per heavy atom. The minimum Gasteiger partial charge on any atom is -0.379 e. The van der Waals surface area contributed by atoms with Gasteiger partial charge in [-0.1, -0.05) is 0 Å². The van der Waals surface area contributed by atoms with Crippen molar-refractivity contribution in [1.82, 2.24) is 19.7 Å². The lowest BCUT2D eigenvalue weighted by Crippen LogP contribution is -2.38. The van der Waals surface area contributed by atoms with Crippen LogP contribution in [0.4, 0.5) is 5.82 Å².